The molecule has 0 bridgehead atoms. The first-order valence-electron chi connectivity index (χ1n) is 5.55. The molecule has 0 aliphatic carbocycles. The smallest absolute Gasteiger partial charge is 0.383 e. The van der Waals surface area contributed by atoms with Crippen LogP contribution in [0.1, 0.15) is 22.8 Å². The number of aliphatic hydroxyl groups excluding tert-OH is 1. The maximum atomic E-state index is 13.5. The molecule has 0 saturated heterocycles. The van der Waals surface area contributed by atoms with E-state index in [0.29, 0.717) is 18.3 Å². The van der Waals surface area contributed by atoms with Gasteiger partial charge in [0, 0.05) is 29.6 Å². The summed E-state index contributed by atoms with van der Waals surface area (Å²) in [5, 5.41) is 9.86. The van der Waals surface area contributed by atoms with Gasteiger partial charge in [-0.25, -0.2) is 13.2 Å². The van der Waals surface area contributed by atoms with Gasteiger partial charge in [-0.2, -0.15) is 13.2 Å². The van der Waals surface area contributed by atoms with Crippen molar-refractivity contribution in [1.82, 2.24) is 4.98 Å². The fraction of sp³-hybridized carbons (Fsp3) is 0.154. The standard InChI is InChI=1S/C13H7F6NO/c14-9-4-11(16)10(15)3-6(9)12(21)7-5-20-2-1-8(7)13(17,18)19/h1-5,12,21H. The van der Waals surface area contributed by atoms with E-state index >= 15 is 0 Å². The third-order valence-corrected chi connectivity index (χ3v) is 2.79. The van der Waals surface area contributed by atoms with Crippen molar-refractivity contribution < 1.29 is 31.4 Å². The Kier molecular flexibility index (Phi) is 3.91. The van der Waals surface area contributed by atoms with E-state index in [2.05, 4.69) is 4.98 Å². The minimum Gasteiger partial charge on any atom is -0.383 e. The molecule has 1 N–H and O–H groups in total. The molecule has 0 aliphatic rings. The van der Waals surface area contributed by atoms with Gasteiger partial charge in [-0.05, 0) is 12.1 Å². The molecule has 1 unspecified atom stereocenters. The van der Waals surface area contributed by atoms with Gasteiger partial charge in [0.05, 0.1) is 5.56 Å². The van der Waals surface area contributed by atoms with Gasteiger partial charge in [-0.3, -0.25) is 4.98 Å². The average Bonchev–Trinajstić information content (AvgIpc) is 2.41. The second-order valence-electron chi connectivity index (χ2n) is 4.15. The van der Waals surface area contributed by atoms with Crippen LogP contribution in [-0.4, -0.2) is 10.1 Å². The Morgan fingerprint density at radius 1 is 0.952 bits per heavy atom. The number of rotatable bonds is 2. The summed E-state index contributed by atoms with van der Waals surface area (Å²) in [4.78, 5) is 3.42. The fourth-order valence-corrected chi connectivity index (χ4v) is 1.80. The number of pyridine rings is 1. The topological polar surface area (TPSA) is 33.1 Å². The number of hydrogen-bond donors (Lipinski definition) is 1. The highest BCUT2D eigenvalue weighted by Crippen LogP contribution is 2.36. The number of alkyl halides is 3. The molecule has 1 heterocycles. The van der Waals surface area contributed by atoms with Crippen LogP contribution in [0.2, 0.25) is 0 Å². The Hall–Kier alpha value is -2.09. The van der Waals surface area contributed by atoms with Gasteiger partial charge in [0.25, 0.3) is 0 Å². The first-order chi connectivity index (χ1) is 9.71. The molecule has 0 amide bonds. The molecule has 1 aromatic heterocycles. The lowest BCUT2D eigenvalue weighted by Gasteiger charge is -2.17. The van der Waals surface area contributed by atoms with E-state index in [4.69, 9.17) is 0 Å². The zero-order chi connectivity index (χ0) is 15.8. The van der Waals surface area contributed by atoms with Crippen molar-refractivity contribution in [2.24, 2.45) is 0 Å². The lowest BCUT2D eigenvalue weighted by molar-refractivity contribution is -0.139. The van der Waals surface area contributed by atoms with Crippen LogP contribution >= 0.6 is 0 Å². The van der Waals surface area contributed by atoms with Crippen LogP contribution in [0.3, 0.4) is 0 Å². The molecule has 0 spiro atoms. The number of aromatic nitrogens is 1. The molecule has 2 aromatic rings. The number of aliphatic hydroxyl groups is 1. The van der Waals surface area contributed by atoms with Crippen LogP contribution in [0.15, 0.2) is 30.6 Å². The minimum absolute atomic E-state index is 0.150. The molecule has 2 nitrogen and oxygen atoms in total. The van der Waals surface area contributed by atoms with Crippen LogP contribution in [0, 0.1) is 17.5 Å². The highest BCUT2D eigenvalue weighted by Gasteiger charge is 2.36. The van der Waals surface area contributed by atoms with Gasteiger partial charge in [0.15, 0.2) is 11.6 Å². The lowest BCUT2D eigenvalue weighted by Crippen LogP contribution is -2.14. The van der Waals surface area contributed by atoms with Crippen LogP contribution in [0.5, 0.6) is 0 Å². The SMILES string of the molecule is OC(c1cc(F)c(F)cc1F)c1cnccc1C(F)(F)F. The number of halogens is 6. The van der Waals surface area contributed by atoms with Gasteiger partial charge in [-0.1, -0.05) is 0 Å². The summed E-state index contributed by atoms with van der Waals surface area (Å²) in [6.07, 6.45) is -5.41. The second-order valence-corrected chi connectivity index (χ2v) is 4.15. The van der Waals surface area contributed by atoms with Gasteiger partial charge in [0.2, 0.25) is 0 Å². The molecular formula is C13H7F6NO. The summed E-state index contributed by atoms with van der Waals surface area (Å²) in [5.41, 5.74) is -2.81. The van der Waals surface area contributed by atoms with Crippen LogP contribution in [0.4, 0.5) is 26.3 Å². The quantitative estimate of drug-likeness (QED) is 0.679. The van der Waals surface area contributed by atoms with Crippen molar-refractivity contribution in [2.45, 2.75) is 12.3 Å². The van der Waals surface area contributed by atoms with E-state index in [9.17, 15) is 31.4 Å². The van der Waals surface area contributed by atoms with Crippen molar-refractivity contribution in [2.75, 3.05) is 0 Å². The Morgan fingerprint density at radius 3 is 2.19 bits per heavy atom. The molecule has 8 heteroatoms. The maximum absolute atomic E-state index is 13.5. The zero-order valence-corrected chi connectivity index (χ0v) is 10.1. The summed E-state index contributed by atoms with van der Waals surface area (Å²) in [5.74, 6) is -4.35. The van der Waals surface area contributed by atoms with E-state index in [1.807, 2.05) is 0 Å². The van der Waals surface area contributed by atoms with Crippen LogP contribution in [-0.2, 0) is 6.18 Å². The second kappa shape index (κ2) is 5.36. The first kappa shape index (κ1) is 15.3. The van der Waals surface area contributed by atoms with Crippen molar-refractivity contribution in [1.29, 1.82) is 0 Å². The third kappa shape index (κ3) is 2.99. The van der Waals surface area contributed by atoms with Crippen molar-refractivity contribution in [3.8, 4) is 0 Å². The molecule has 0 aliphatic heterocycles. The van der Waals surface area contributed by atoms with Crippen molar-refractivity contribution in [3.63, 3.8) is 0 Å². The fourth-order valence-electron chi connectivity index (χ4n) is 1.80. The highest BCUT2D eigenvalue weighted by atomic mass is 19.4. The molecule has 0 radical (unpaired) electrons. The third-order valence-electron chi connectivity index (χ3n) is 2.79. The van der Waals surface area contributed by atoms with E-state index < -0.39 is 46.4 Å². The molecule has 0 saturated carbocycles. The number of hydrogen-bond acceptors (Lipinski definition) is 2. The minimum atomic E-state index is -4.81. The van der Waals surface area contributed by atoms with E-state index in [-0.39, 0.29) is 6.07 Å². The predicted molar refractivity (Wildman–Crippen MR) is 59.6 cm³/mol. The summed E-state index contributed by atoms with van der Waals surface area (Å²) >= 11 is 0. The first-order valence-corrected chi connectivity index (χ1v) is 5.55. The van der Waals surface area contributed by atoms with Crippen LogP contribution in [0.25, 0.3) is 0 Å². The van der Waals surface area contributed by atoms with Gasteiger partial charge in [0.1, 0.15) is 11.9 Å². The Morgan fingerprint density at radius 2 is 1.57 bits per heavy atom. The van der Waals surface area contributed by atoms with Gasteiger partial charge >= 0.3 is 6.18 Å². The Bertz CT molecular complexity index is 670. The van der Waals surface area contributed by atoms with Crippen molar-refractivity contribution >= 4 is 0 Å². The normalized spacial score (nSPS) is 13.3. The lowest BCUT2D eigenvalue weighted by atomic mass is 9.98. The molecule has 2 rings (SSSR count). The van der Waals surface area contributed by atoms with Gasteiger partial charge < -0.3 is 5.11 Å². The molecular weight excluding hydrogens is 300 g/mol. The monoisotopic (exact) mass is 307 g/mol. The predicted octanol–water partition coefficient (Wildman–Crippen LogP) is 3.60. The number of nitrogens with zero attached hydrogens (tertiary/aromatic N) is 1. The molecule has 21 heavy (non-hydrogen) atoms. The van der Waals surface area contributed by atoms with Crippen molar-refractivity contribution in [3.05, 3.63) is 64.7 Å². The maximum Gasteiger partial charge on any atom is 0.416 e. The zero-order valence-electron chi connectivity index (χ0n) is 10.1. The highest BCUT2D eigenvalue weighted by molar-refractivity contribution is 5.36. The summed E-state index contributed by atoms with van der Waals surface area (Å²) in [7, 11) is 0. The summed E-state index contributed by atoms with van der Waals surface area (Å²) < 4.78 is 77.8. The summed E-state index contributed by atoms with van der Waals surface area (Å²) in [6.45, 7) is 0. The summed E-state index contributed by atoms with van der Waals surface area (Å²) in [6, 6.07) is 1.05. The van der Waals surface area contributed by atoms with E-state index in [1.165, 1.54) is 0 Å². The van der Waals surface area contributed by atoms with E-state index in [1.54, 1.807) is 0 Å². The molecule has 0 fully saturated rings. The number of benzene rings is 1. The largest absolute Gasteiger partial charge is 0.416 e. The Balaban J connectivity index is 2.56. The van der Waals surface area contributed by atoms with E-state index in [0.717, 1.165) is 6.20 Å². The van der Waals surface area contributed by atoms with Gasteiger partial charge in [-0.15, -0.1) is 0 Å². The average molecular weight is 307 g/mol. The molecule has 112 valence electrons. The molecule has 1 atom stereocenters. The Labute approximate surface area is 114 Å². The van der Waals surface area contributed by atoms with Crippen LogP contribution < -0.4 is 0 Å². The molecule has 1 aromatic carbocycles.